The molecule has 0 aromatic carbocycles. The second-order valence-corrected chi connectivity index (χ2v) is 2.80. The minimum atomic E-state index is -1.69. The minimum Gasteiger partial charge on any atom is -0.505 e. The van der Waals surface area contributed by atoms with Crippen LogP contribution in [0.2, 0.25) is 0 Å². The molecule has 1 rings (SSSR count). The molecule has 3 atom stereocenters. The molecule has 0 radical (unpaired) electrons. The molecule has 0 aromatic rings. The molecule has 1 heterocycles. The first kappa shape index (κ1) is 10.8. The molecule has 0 unspecified atom stereocenters. The van der Waals surface area contributed by atoms with Crippen LogP contribution in [0.1, 0.15) is 0 Å². The van der Waals surface area contributed by atoms with Crippen LogP contribution in [0, 0.1) is 0 Å². The molecule has 0 saturated heterocycles. The van der Waals surface area contributed by atoms with Crippen LogP contribution >= 0.6 is 0 Å². The van der Waals surface area contributed by atoms with Gasteiger partial charge in [0.2, 0.25) is 5.76 Å². The minimum absolute atomic E-state index is 0.761. The molecular weight excluding hydrogens is 196 g/mol. The molecule has 5 N–H and O–H groups in total. The molecule has 0 saturated carbocycles. The summed E-state index contributed by atoms with van der Waals surface area (Å²) < 4.78 is 4.34. The third-order valence-corrected chi connectivity index (χ3v) is 1.83. The monoisotopic (exact) mass is 206 g/mol. The molecule has 0 aromatic heterocycles. The topological polar surface area (TPSA) is 127 Å². The van der Waals surface area contributed by atoms with E-state index in [1.165, 1.54) is 0 Å². The average molecular weight is 206 g/mol. The number of ether oxygens (including phenoxy) is 1. The second kappa shape index (κ2) is 3.82. The van der Waals surface area contributed by atoms with Crippen molar-refractivity contribution in [3.05, 3.63) is 11.5 Å². The first-order valence-electron chi connectivity index (χ1n) is 3.79. The van der Waals surface area contributed by atoms with Crippen LogP contribution in [0.25, 0.3) is 0 Å². The molecule has 1 aliphatic heterocycles. The Morgan fingerprint density at radius 3 is 2.29 bits per heavy atom. The third kappa shape index (κ3) is 1.65. The van der Waals surface area contributed by atoms with Crippen molar-refractivity contribution >= 4 is 5.97 Å². The van der Waals surface area contributed by atoms with Gasteiger partial charge in [-0.25, -0.2) is 4.79 Å². The molecule has 14 heavy (non-hydrogen) atoms. The van der Waals surface area contributed by atoms with Crippen molar-refractivity contribution in [3.8, 4) is 0 Å². The van der Waals surface area contributed by atoms with E-state index in [9.17, 15) is 9.90 Å². The number of aliphatic hydroxyl groups excluding tert-OH is 5. The highest BCUT2D eigenvalue weighted by Gasteiger charge is 2.41. The standard InChI is InChI=1S/C7H10O7/c8-1-2(9)3(10)6-4(11)5(12)7(13)14-6/h2-3,6,8-12H,1H2/t2-,3+,6-/m1/s1. The number of aliphatic hydroxyl groups is 5. The van der Waals surface area contributed by atoms with E-state index >= 15 is 0 Å². The Morgan fingerprint density at radius 2 is 1.93 bits per heavy atom. The summed E-state index contributed by atoms with van der Waals surface area (Å²) in [6.45, 7) is -0.761. The van der Waals surface area contributed by atoms with E-state index in [2.05, 4.69) is 4.74 Å². The Morgan fingerprint density at radius 1 is 1.36 bits per heavy atom. The van der Waals surface area contributed by atoms with E-state index in [-0.39, 0.29) is 0 Å². The van der Waals surface area contributed by atoms with E-state index in [1.807, 2.05) is 0 Å². The fraction of sp³-hybridized carbons (Fsp3) is 0.571. The lowest BCUT2D eigenvalue weighted by Gasteiger charge is -2.20. The predicted octanol–water partition coefficient (Wildman–Crippen LogP) is -2.05. The number of esters is 1. The van der Waals surface area contributed by atoms with E-state index in [0.29, 0.717) is 0 Å². The van der Waals surface area contributed by atoms with Crippen LogP contribution in [0.3, 0.4) is 0 Å². The van der Waals surface area contributed by atoms with Gasteiger partial charge in [0.15, 0.2) is 11.9 Å². The molecule has 80 valence electrons. The number of carbonyl (C=O) groups excluding carboxylic acids is 1. The first-order chi connectivity index (χ1) is 6.49. The summed E-state index contributed by atoms with van der Waals surface area (Å²) in [5, 5.41) is 44.6. The normalized spacial score (nSPS) is 26.2. The van der Waals surface area contributed by atoms with E-state index in [1.54, 1.807) is 0 Å². The van der Waals surface area contributed by atoms with Gasteiger partial charge in [-0.05, 0) is 0 Å². The highest BCUT2D eigenvalue weighted by atomic mass is 16.6. The van der Waals surface area contributed by atoms with Gasteiger partial charge in [0, 0.05) is 0 Å². The maximum Gasteiger partial charge on any atom is 0.377 e. The summed E-state index contributed by atoms with van der Waals surface area (Å²) in [5.74, 6) is -3.04. The number of carbonyl (C=O) groups is 1. The second-order valence-electron chi connectivity index (χ2n) is 2.80. The molecule has 0 fully saturated rings. The summed E-state index contributed by atoms with van der Waals surface area (Å²) in [5.41, 5.74) is 0. The van der Waals surface area contributed by atoms with Crippen molar-refractivity contribution in [2.24, 2.45) is 0 Å². The van der Waals surface area contributed by atoms with Crippen molar-refractivity contribution < 1.29 is 35.1 Å². The van der Waals surface area contributed by atoms with Crippen LogP contribution in [0.15, 0.2) is 11.5 Å². The largest absolute Gasteiger partial charge is 0.505 e. The van der Waals surface area contributed by atoms with Gasteiger partial charge in [-0.15, -0.1) is 0 Å². The molecule has 7 nitrogen and oxygen atoms in total. The SMILES string of the molecule is O=C1O[C@H]([C@@H](O)[C@H](O)CO)C(O)=C1O. The average Bonchev–Trinajstić information content (AvgIpc) is 2.43. The zero-order valence-corrected chi connectivity index (χ0v) is 6.99. The molecular formula is C7H10O7. The van der Waals surface area contributed by atoms with Crippen LogP contribution in [-0.2, 0) is 9.53 Å². The van der Waals surface area contributed by atoms with E-state index in [0.717, 1.165) is 0 Å². The Balaban J connectivity index is 2.78. The van der Waals surface area contributed by atoms with Gasteiger partial charge in [0.05, 0.1) is 6.61 Å². The number of cyclic esters (lactones) is 1. The summed E-state index contributed by atoms with van der Waals surface area (Å²) >= 11 is 0. The van der Waals surface area contributed by atoms with Gasteiger partial charge >= 0.3 is 5.97 Å². The summed E-state index contributed by atoms with van der Waals surface area (Å²) in [4.78, 5) is 10.7. The van der Waals surface area contributed by atoms with Gasteiger partial charge in [-0.3, -0.25) is 0 Å². The Bertz CT molecular complexity index is 271. The fourth-order valence-electron chi connectivity index (χ4n) is 1.01. The summed E-state index contributed by atoms with van der Waals surface area (Å²) in [6, 6.07) is 0. The summed E-state index contributed by atoms with van der Waals surface area (Å²) in [6.07, 6.45) is -4.79. The van der Waals surface area contributed by atoms with Crippen LogP contribution in [0.4, 0.5) is 0 Å². The molecule has 0 aliphatic carbocycles. The maximum absolute atomic E-state index is 10.7. The van der Waals surface area contributed by atoms with Crippen LogP contribution in [0.5, 0.6) is 0 Å². The van der Waals surface area contributed by atoms with Gasteiger partial charge in [0.25, 0.3) is 0 Å². The molecule has 0 bridgehead atoms. The van der Waals surface area contributed by atoms with Crippen LogP contribution in [-0.4, -0.2) is 56.4 Å². The molecule has 7 heteroatoms. The highest BCUT2D eigenvalue weighted by molar-refractivity contribution is 5.89. The molecule has 1 aliphatic rings. The predicted molar refractivity (Wildman–Crippen MR) is 41.3 cm³/mol. The van der Waals surface area contributed by atoms with Gasteiger partial charge in [-0.1, -0.05) is 0 Å². The number of hydrogen-bond donors (Lipinski definition) is 5. The Kier molecular flexibility index (Phi) is 2.94. The number of hydrogen-bond acceptors (Lipinski definition) is 7. The third-order valence-electron chi connectivity index (χ3n) is 1.83. The van der Waals surface area contributed by atoms with Crippen molar-refractivity contribution in [2.75, 3.05) is 6.61 Å². The lowest BCUT2D eigenvalue weighted by molar-refractivity contribution is -0.151. The first-order valence-corrected chi connectivity index (χ1v) is 3.79. The lowest BCUT2D eigenvalue weighted by Crippen LogP contribution is -2.40. The van der Waals surface area contributed by atoms with Crippen molar-refractivity contribution in [2.45, 2.75) is 18.3 Å². The molecule has 0 spiro atoms. The summed E-state index contributed by atoms with van der Waals surface area (Å²) in [7, 11) is 0. The smallest absolute Gasteiger partial charge is 0.377 e. The van der Waals surface area contributed by atoms with Crippen molar-refractivity contribution in [1.29, 1.82) is 0 Å². The van der Waals surface area contributed by atoms with Crippen molar-refractivity contribution in [1.82, 2.24) is 0 Å². The van der Waals surface area contributed by atoms with Gasteiger partial charge < -0.3 is 30.3 Å². The van der Waals surface area contributed by atoms with Crippen LogP contribution < -0.4 is 0 Å². The van der Waals surface area contributed by atoms with E-state index < -0.39 is 42.4 Å². The van der Waals surface area contributed by atoms with E-state index in [4.69, 9.17) is 20.4 Å². The number of rotatable bonds is 3. The maximum atomic E-state index is 10.7. The Hall–Kier alpha value is -1.31. The molecule has 0 amide bonds. The van der Waals surface area contributed by atoms with Gasteiger partial charge in [0.1, 0.15) is 12.2 Å². The zero-order chi connectivity index (χ0) is 10.9. The zero-order valence-electron chi connectivity index (χ0n) is 6.99. The fourth-order valence-corrected chi connectivity index (χ4v) is 1.01. The van der Waals surface area contributed by atoms with Crippen molar-refractivity contribution in [3.63, 3.8) is 0 Å². The quantitative estimate of drug-likeness (QED) is 0.336. The Labute approximate surface area is 78.5 Å². The highest BCUT2D eigenvalue weighted by Crippen LogP contribution is 2.22. The van der Waals surface area contributed by atoms with Gasteiger partial charge in [-0.2, -0.15) is 0 Å². The lowest BCUT2D eigenvalue weighted by atomic mass is 10.1.